The molecule has 0 saturated carbocycles. The first-order valence-electron chi connectivity index (χ1n) is 7.54. The van der Waals surface area contributed by atoms with E-state index in [1.54, 1.807) is 26.2 Å². The molecule has 0 aliphatic carbocycles. The van der Waals surface area contributed by atoms with Crippen molar-refractivity contribution in [3.05, 3.63) is 35.9 Å². The van der Waals surface area contributed by atoms with Crippen LogP contribution in [0.4, 0.5) is 0 Å². The molecule has 0 bridgehead atoms. The molecule has 0 saturated heterocycles. The van der Waals surface area contributed by atoms with Gasteiger partial charge in [0.1, 0.15) is 11.5 Å². The summed E-state index contributed by atoms with van der Waals surface area (Å²) < 4.78 is 15.6. The third-order valence-corrected chi connectivity index (χ3v) is 3.75. The van der Waals surface area contributed by atoms with Gasteiger partial charge in [-0.25, -0.2) is 0 Å². The highest BCUT2D eigenvalue weighted by atomic mass is 16.5. The second kappa shape index (κ2) is 7.68. The maximum absolute atomic E-state index is 11.9. The molecule has 2 aromatic rings. The molecule has 1 N–H and O–H groups in total. The van der Waals surface area contributed by atoms with Gasteiger partial charge in [0.15, 0.2) is 5.92 Å². The van der Waals surface area contributed by atoms with E-state index in [4.69, 9.17) is 14.2 Å². The molecule has 0 amide bonds. The molecule has 2 rings (SSSR count). The van der Waals surface area contributed by atoms with Crippen molar-refractivity contribution < 1.29 is 28.9 Å². The van der Waals surface area contributed by atoms with Crippen molar-refractivity contribution in [2.24, 2.45) is 5.92 Å². The van der Waals surface area contributed by atoms with Crippen molar-refractivity contribution in [3.63, 3.8) is 0 Å². The molecule has 0 heterocycles. The number of carbonyl (C=O) groups excluding carboxylic acids is 1. The Balaban J connectivity index is 2.49. The zero-order valence-corrected chi connectivity index (χ0v) is 13.9. The number of benzene rings is 2. The molecule has 0 aliphatic rings. The molecule has 0 fully saturated rings. The molecule has 6 heteroatoms. The smallest absolute Gasteiger partial charge is 0.320 e. The van der Waals surface area contributed by atoms with Crippen molar-refractivity contribution >= 4 is 22.7 Å². The van der Waals surface area contributed by atoms with Gasteiger partial charge in [-0.05, 0) is 42.5 Å². The van der Waals surface area contributed by atoms with Crippen molar-refractivity contribution in [1.82, 2.24) is 0 Å². The summed E-state index contributed by atoms with van der Waals surface area (Å²) in [5.41, 5.74) is 0.606. The summed E-state index contributed by atoms with van der Waals surface area (Å²) in [5, 5.41) is 11.1. The molecule has 1 unspecified atom stereocenters. The number of carboxylic acids is 1. The SMILES string of the molecule is CCOC(=O)C(Cc1cc2c(OC)cccc2cc1OC)C(=O)O. The number of hydrogen-bond acceptors (Lipinski definition) is 5. The number of ether oxygens (including phenoxy) is 3. The van der Waals surface area contributed by atoms with E-state index in [1.165, 1.54) is 7.11 Å². The minimum atomic E-state index is -1.29. The fourth-order valence-electron chi connectivity index (χ4n) is 2.58. The summed E-state index contributed by atoms with van der Waals surface area (Å²) in [6.07, 6.45) is -0.0225. The standard InChI is InChI=1S/C18H20O6/c1-4-24-18(21)14(17(19)20)9-12-8-13-11(10-16(12)23-3)6-5-7-15(13)22-2/h5-8,10,14H,4,9H2,1-3H3,(H,19,20). The third-order valence-electron chi connectivity index (χ3n) is 3.75. The van der Waals surface area contributed by atoms with Crippen LogP contribution in [0, 0.1) is 5.92 Å². The fraction of sp³-hybridized carbons (Fsp3) is 0.333. The average molecular weight is 332 g/mol. The maximum atomic E-state index is 11.9. The van der Waals surface area contributed by atoms with Crippen LogP contribution >= 0.6 is 0 Å². The largest absolute Gasteiger partial charge is 0.496 e. The van der Waals surface area contributed by atoms with E-state index >= 15 is 0 Å². The van der Waals surface area contributed by atoms with Crippen molar-refractivity contribution in [2.75, 3.05) is 20.8 Å². The summed E-state index contributed by atoms with van der Waals surface area (Å²) in [7, 11) is 3.07. The molecule has 2 aromatic carbocycles. The molecule has 128 valence electrons. The van der Waals surface area contributed by atoms with Gasteiger partial charge in [-0.15, -0.1) is 0 Å². The van der Waals surface area contributed by atoms with Crippen LogP contribution < -0.4 is 9.47 Å². The number of rotatable bonds is 7. The highest BCUT2D eigenvalue weighted by molar-refractivity contribution is 5.95. The zero-order valence-electron chi connectivity index (χ0n) is 13.9. The Hall–Kier alpha value is -2.76. The number of fused-ring (bicyclic) bond motifs is 1. The molecule has 0 radical (unpaired) electrons. The molecular formula is C18H20O6. The molecule has 1 atom stereocenters. The van der Waals surface area contributed by atoms with Crippen LogP contribution in [0.3, 0.4) is 0 Å². The number of methoxy groups -OCH3 is 2. The molecular weight excluding hydrogens is 312 g/mol. The number of esters is 1. The van der Waals surface area contributed by atoms with Gasteiger partial charge in [0, 0.05) is 5.39 Å². The topological polar surface area (TPSA) is 82.1 Å². The second-order valence-corrected chi connectivity index (χ2v) is 5.19. The summed E-state index contributed by atoms with van der Waals surface area (Å²) >= 11 is 0. The minimum Gasteiger partial charge on any atom is -0.496 e. The van der Waals surface area contributed by atoms with Gasteiger partial charge in [-0.3, -0.25) is 9.59 Å². The predicted octanol–water partition coefficient (Wildman–Crippen LogP) is 2.66. The van der Waals surface area contributed by atoms with Crippen LogP contribution in [0.25, 0.3) is 10.8 Å². The van der Waals surface area contributed by atoms with Crippen molar-refractivity contribution in [1.29, 1.82) is 0 Å². The summed E-state index contributed by atoms with van der Waals surface area (Å²) in [5.74, 6) is -2.08. The number of hydrogen-bond donors (Lipinski definition) is 1. The van der Waals surface area contributed by atoms with E-state index in [0.29, 0.717) is 17.1 Å². The highest BCUT2D eigenvalue weighted by Crippen LogP contribution is 2.33. The van der Waals surface area contributed by atoms with Crippen LogP contribution in [0.5, 0.6) is 11.5 Å². The van der Waals surface area contributed by atoms with Crippen LogP contribution in [0.2, 0.25) is 0 Å². The van der Waals surface area contributed by atoms with Crippen LogP contribution in [0.15, 0.2) is 30.3 Å². The lowest BCUT2D eigenvalue weighted by Crippen LogP contribution is -2.28. The van der Waals surface area contributed by atoms with Gasteiger partial charge in [0.2, 0.25) is 0 Å². The van der Waals surface area contributed by atoms with E-state index in [0.717, 1.165) is 10.8 Å². The first-order chi connectivity index (χ1) is 11.5. The van der Waals surface area contributed by atoms with Gasteiger partial charge in [-0.1, -0.05) is 12.1 Å². The fourth-order valence-corrected chi connectivity index (χ4v) is 2.58. The first kappa shape index (κ1) is 17.6. The van der Waals surface area contributed by atoms with Gasteiger partial charge < -0.3 is 19.3 Å². The quantitative estimate of drug-likeness (QED) is 0.620. The predicted molar refractivity (Wildman–Crippen MR) is 88.5 cm³/mol. The Morgan fingerprint density at radius 3 is 2.42 bits per heavy atom. The van der Waals surface area contributed by atoms with E-state index in [9.17, 15) is 14.7 Å². The zero-order chi connectivity index (χ0) is 17.7. The average Bonchev–Trinajstić information content (AvgIpc) is 2.58. The van der Waals surface area contributed by atoms with Crippen molar-refractivity contribution in [2.45, 2.75) is 13.3 Å². The van der Waals surface area contributed by atoms with E-state index in [-0.39, 0.29) is 13.0 Å². The lowest BCUT2D eigenvalue weighted by atomic mass is 9.96. The Bertz CT molecular complexity index is 753. The molecule has 0 spiro atoms. The van der Waals surface area contributed by atoms with E-state index in [1.807, 2.05) is 18.2 Å². The minimum absolute atomic E-state index is 0.0225. The van der Waals surface area contributed by atoms with Crippen LogP contribution in [-0.4, -0.2) is 37.9 Å². The Kier molecular flexibility index (Phi) is 5.63. The monoisotopic (exact) mass is 332 g/mol. The van der Waals surface area contributed by atoms with Gasteiger partial charge in [0.25, 0.3) is 0 Å². The van der Waals surface area contributed by atoms with E-state index in [2.05, 4.69) is 0 Å². The summed E-state index contributed by atoms with van der Waals surface area (Å²) in [6, 6.07) is 9.18. The lowest BCUT2D eigenvalue weighted by molar-refractivity contribution is -0.158. The molecule has 0 aromatic heterocycles. The number of aliphatic carboxylic acids is 1. The van der Waals surface area contributed by atoms with Gasteiger partial charge in [-0.2, -0.15) is 0 Å². The van der Waals surface area contributed by atoms with Crippen molar-refractivity contribution in [3.8, 4) is 11.5 Å². The third kappa shape index (κ3) is 3.59. The highest BCUT2D eigenvalue weighted by Gasteiger charge is 2.29. The number of carbonyl (C=O) groups is 2. The lowest BCUT2D eigenvalue weighted by Gasteiger charge is -2.15. The van der Waals surface area contributed by atoms with Crippen LogP contribution in [-0.2, 0) is 20.7 Å². The second-order valence-electron chi connectivity index (χ2n) is 5.19. The number of carboxylic acid groups (broad SMARTS) is 1. The molecule has 0 aliphatic heterocycles. The Morgan fingerprint density at radius 2 is 1.83 bits per heavy atom. The maximum Gasteiger partial charge on any atom is 0.320 e. The first-order valence-corrected chi connectivity index (χ1v) is 7.54. The molecule has 6 nitrogen and oxygen atoms in total. The Labute approximate surface area is 139 Å². The normalized spacial score (nSPS) is 11.8. The van der Waals surface area contributed by atoms with Gasteiger partial charge in [0.05, 0.1) is 20.8 Å². The van der Waals surface area contributed by atoms with Crippen LogP contribution in [0.1, 0.15) is 12.5 Å². The summed E-state index contributed by atoms with van der Waals surface area (Å²) in [6.45, 7) is 1.77. The summed E-state index contributed by atoms with van der Waals surface area (Å²) in [4.78, 5) is 23.3. The molecule has 24 heavy (non-hydrogen) atoms. The van der Waals surface area contributed by atoms with E-state index < -0.39 is 17.9 Å². The van der Waals surface area contributed by atoms with Gasteiger partial charge >= 0.3 is 11.9 Å². The Morgan fingerprint density at radius 1 is 1.12 bits per heavy atom.